The highest BCUT2D eigenvalue weighted by molar-refractivity contribution is 7.92. The predicted molar refractivity (Wildman–Crippen MR) is 101 cm³/mol. The lowest BCUT2D eigenvalue weighted by atomic mass is 10.2. The number of rotatable bonds is 7. The molecule has 1 N–H and O–H groups in total. The molecule has 0 bridgehead atoms. The SMILES string of the molecule is COc1ccc(S(=O)(=O)Nc2ncn(Cc3ccc(Cl)cc3)n2)c(OC)c1. The van der Waals surface area contributed by atoms with Crippen molar-refractivity contribution in [2.75, 3.05) is 18.9 Å². The van der Waals surface area contributed by atoms with Crippen LogP contribution in [0, 0.1) is 0 Å². The molecule has 0 radical (unpaired) electrons. The molecule has 2 aromatic carbocycles. The summed E-state index contributed by atoms with van der Waals surface area (Å²) in [5, 5.41) is 4.78. The monoisotopic (exact) mass is 408 g/mol. The number of aromatic nitrogens is 3. The van der Waals surface area contributed by atoms with Gasteiger partial charge in [-0.1, -0.05) is 23.7 Å². The third-order valence-corrected chi connectivity index (χ3v) is 5.30. The lowest BCUT2D eigenvalue weighted by Gasteiger charge is -2.11. The number of hydrogen-bond donors (Lipinski definition) is 1. The highest BCUT2D eigenvalue weighted by Gasteiger charge is 2.22. The Labute approximate surface area is 161 Å². The van der Waals surface area contributed by atoms with E-state index in [4.69, 9.17) is 21.1 Å². The molecule has 0 atom stereocenters. The fourth-order valence-corrected chi connectivity index (χ4v) is 3.59. The Bertz CT molecular complexity index is 1040. The van der Waals surface area contributed by atoms with Gasteiger partial charge >= 0.3 is 0 Å². The number of sulfonamides is 1. The van der Waals surface area contributed by atoms with E-state index in [2.05, 4.69) is 14.8 Å². The average molecular weight is 409 g/mol. The van der Waals surface area contributed by atoms with Crippen molar-refractivity contribution >= 4 is 27.6 Å². The van der Waals surface area contributed by atoms with Gasteiger partial charge in [-0.25, -0.2) is 17.8 Å². The van der Waals surface area contributed by atoms with E-state index in [-0.39, 0.29) is 16.6 Å². The molecule has 27 heavy (non-hydrogen) atoms. The zero-order valence-electron chi connectivity index (χ0n) is 14.6. The third kappa shape index (κ3) is 4.50. The minimum atomic E-state index is -3.93. The molecule has 0 unspecified atom stereocenters. The van der Waals surface area contributed by atoms with Crippen LogP contribution in [0.25, 0.3) is 0 Å². The number of methoxy groups -OCH3 is 2. The van der Waals surface area contributed by atoms with Crippen molar-refractivity contribution in [3.05, 3.63) is 59.4 Å². The second kappa shape index (κ2) is 7.85. The molecule has 142 valence electrons. The Morgan fingerprint density at radius 2 is 1.85 bits per heavy atom. The summed E-state index contributed by atoms with van der Waals surface area (Å²) in [5.74, 6) is 0.598. The molecule has 8 nitrogen and oxygen atoms in total. The van der Waals surface area contributed by atoms with Crippen LogP contribution in [0.1, 0.15) is 5.56 Å². The minimum Gasteiger partial charge on any atom is -0.497 e. The molecule has 0 amide bonds. The van der Waals surface area contributed by atoms with E-state index in [1.807, 2.05) is 12.1 Å². The van der Waals surface area contributed by atoms with E-state index >= 15 is 0 Å². The number of nitrogens with zero attached hydrogens (tertiary/aromatic N) is 3. The van der Waals surface area contributed by atoms with Gasteiger partial charge in [0.25, 0.3) is 16.0 Å². The lowest BCUT2D eigenvalue weighted by Crippen LogP contribution is -2.15. The summed E-state index contributed by atoms with van der Waals surface area (Å²) in [6.07, 6.45) is 1.44. The molecule has 0 saturated carbocycles. The summed E-state index contributed by atoms with van der Waals surface area (Å²) in [6, 6.07) is 11.7. The standard InChI is InChI=1S/C17H17ClN4O4S/c1-25-14-7-8-16(15(9-14)26-2)27(23,24)21-17-19-11-22(20-17)10-12-3-5-13(18)6-4-12/h3-9,11H,10H2,1-2H3,(H,20,21). The Morgan fingerprint density at radius 3 is 2.52 bits per heavy atom. The molecule has 0 spiro atoms. The zero-order chi connectivity index (χ0) is 19.4. The first kappa shape index (κ1) is 19.0. The molecule has 0 aliphatic carbocycles. The zero-order valence-corrected chi connectivity index (χ0v) is 16.2. The quantitative estimate of drug-likeness (QED) is 0.645. The van der Waals surface area contributed by atoms with Crippen LogP contribution < -0.4 is 14.2 Å². The van der Waals surface area contributed by atoms with Crippen LogP contribution in [-0.4, -0.2) is 37.4 Å². The number of anilines is 1. The molecule has 3 rings (SSSR count). The third-order valence-electron chi connectivity index (χ3n) is 3.68. The van der Waals surface area contributed by atoms with Crippen LogP contribution in [0.5, 0.6) is 11.5 Å². The van der Waals surface area contributed by atoms with Crippen LogP contribution >= 0.6 is 11.6 Å². The van der Waals surface area contributed by atoms with Gasteiger partial charge in [-0.3, -0.25) is 0 Å². The summed E-state index contributed by atoms with van der Waals surface area (Å²) in [6.45, 7) is 0.428. The molecule has 0 aliphatic heterocycles. The molecule has 0 aliphatic rings. The highest BCUT2D eigenvalue weighted by Crippen LogP contribution is 2.29. The molecule has 1 heterocycles. The van der Waals surface area contributed by atoms with Crippen LogP contribution in [0.2, 0.25) is 5.02 Å². The van der Waals surface area contributed by atoms with Crippen LogP contribution in [-0.2, 0) is 16.6 Å². The maximum atomic E-state index is 12.7. The molecule has 0 fully saturated rings. The summed E-state index contributed by atoms with van der Waals surface area (Å²) in [7, 11) is -1.07. The van der Waals surface area contributed by atoms with Crippen molar-refractivity contribution in [1.82, 2.24) is 14.8 Å². The number of nitrogens with one attached hydrogen (secondary N) is 1. The largest absolute Gasteiger partial charge is 0.497 e. The van der Waals surface area contributed by atoms with Gasteiger partial charge in [0.15, 0.2) is 0 Å². The van der Waals surface area contributed by atoms with E-state index in [0.717, 1.165) is 5.56 Å². The number of ether oxygens (including phenoxy) is 2. The molecule has 1 aromatic heterocycles. The molecular formula is C17H17ClN4O4S. The fraction of sp³-hybridized carbons (Fsp3) is 0.176. The summed E-state index contributed by atoms with van der Waals surface area (Å²) >= 11 is 5.86. The summed E-state index contributed by atoms with van der Waals surface area (Å²) in [4.78, 5) is 3.96. The first-order chi connectivity index (χ1) is 12.9. The van der Waals surface area contributed by atoms with Crippen molar-refractivity contribution in [3.63, 3.8) is 0 Å². The Balaban J connectivity index is 1.78. The van der Waals surface area contributed by atoms with Gasteiger partial charge in [0, 0.05) is 11.1 Å². The average Bonchev–Trinajstić information content (AvgIpc) is 3.09. The fourth-order valence-electron chi connectivity index (χ4n) is 2.37. The Kier molecular flexibility index (Phi) is 5.52. The lowest BCUT2D eigenvalue weighted by molar-refractivity contribution is 0.386. The van der Waals surface area contributed by atoms with Crippen LogP contribution in [0.3, 0.4) is 0 Å². The smallest absolute Gasteiger partial charge is 0.267 e. The van der Waals surface area contributed by atoms with Gasteiger partial charge in [-0.2, -0.15) is 4.98 Å². The number of benzene rings is 2. The van der Waals surface area contributed by atoms with Gasteiger partial charge in [-0.05, 0) is 29.8 Å². The molecule has 10 heteroatoms. The minimum absolute atomic E-state index is 0.0400. The highest BCUT2D eigenvalue weighted by atomic mass is 35.5. The molecule has 3 aromatic rings. The van der Waals surface area contributed by atoms with Crippen molar-refractivity contribution < 1.29 is 17.9 Å². The van der Waals surface area contributed by atoms with Gasteiger partial charge in [0.1, 0.15) is 22.7 Å². The second-order valence-electron chi connectivity index (χ2n) is 5.51. The van der Waals surface area contributed by atoms with Gasteiger partial charge in [0.05, 0.1) is 20.8 Å². The first-order valence-corrected chi connectivity index (χ1v) is 9.66. The van der Waals surface area contributed by atoms with Gasteiger partial charge < -0.3 is 9.47 Å². The maximum absolute atomic E-state index is 12.7. The molecular weight excluding hydrogens is 392 g/mol. The van der Waals surface area contributed by atoms with E-state index < -0.39 is 10.0 Å². The topological polar surface area (TPSA) is 95.3 Å². The number of hydrogen-bond acceptors (Lipinski definition) is 6. The van der Waals surface area contributed by atoms with E-state index in [1.165, 1.54) is 43.4 Å². The normalized spacial score (nSPS) is 11.2. The maximum Gasteiger partial charge on any atom is 0.267 e. The Hall–Kier alpha value is -2.78. The van der Waals surface area contributed by atoms with Crippen molar-refractivity contribution in [3.8, 4) is 11.5 Å². The predicted octanol–water partition coefficient (Wildman–Crippen LogP) is 2.80. The molecule has 0 saturated heterocycles. The summed E-state index contributed by atoms with van der Waals surface area (Å²) in [5.41, 5.74) is 0.954. The van der Waals surface area contributed by atoms with E-state index in [1.54, 1.807) is 12.1 Å². The van der Waals surface area contributed by atoms with Crippen molar-refractivity contribution in [2.45, 2.75) is 11.4 Å². The number of halogens is 1. The van der Waals surface area contributed by atoms with Gasteiger partial charge in [0.2, 0.25) is 0 Å². The summed E-state index contributed by atoms with van der Waals surface area (Å²) < 4.78 is 39.4. The van der Waals surface area contributed by atoms with E-state index in [0.29, 0.717) is 17.3 Å². The van der Waals surface area contributed by atoms with Crippen molar-refractivity contribution in [1.29, 1.82) is 0 Å². The van der Waals surface area contributed by atoms with Crippen LogP contribution in [0.4, 0.5) is 5.95 Å². The van der Waals surface area contributed by atoms with Gasteiger partial charge in [-0.15, -0.1) is 5.10 Å². The van der Waals surface area contributed by atoms with E-state index in [9.17, 15) is 8.42 Å². The van der Waals surface area contributed by atoms with Crippen LogP contribution in [0.15, 0.2) is 53.7 Å². The first-order valence-electron chi connectivity index (χ1n) is 7.80. The Morgan fingerprint density at radius 1 is 1.11 bits per heavy atom. The second-order valence-corrected chi connectivity index (χ2v) is 7.60. The van der Waals surface area contributed by atoms with Crippen molar-refractivity contribution in [2.24, 2.45) is 0 Å².